The van der Waals surface area contributed by atoms with Gasteiger partial charge in [-0.15, -0.1) is 0 Å². The summed E-state index contributed by atoms with van der Waals surface area (Å²) in [5.41, 5.74) is 1.49. The topological polar surface area (TPSA) is 24.9 Å². The van der Waals surface area contributed by atoms with Crippen molar-refractivity contribution in [3.63, 3.8) is 0 Å². The van der Waals surface area contributed by atoms with Gasteiger partial charge in [0, 0.05) is 29.4 Å². The molecular weight excluding hydrogens is 251 g/mol. The third-order valence-corrected chi connectivity index (χ3v) is 2.97. The van der Waals surface area contributed by atoms with Crippen LogP contribution in [0.3, 0.4) is 0 Å². The van der Waals surface area contributed by atoms with Gasteiger partial charge in [0.1, 0.15) is 5.82 Å². The highest BCUT2D eigenvalue weighted by molar-refractivity contribution is 6.30. The van der Waals surface area contributed by atoms with E-state index in [1.807, 2.05) is 25.1 Å². The van der Waals surface area contributed by atoms with E-state index in [0.29, 0.717) is 17.1 Å². The van der Waals surface area contributed by atoms with E-state index in [9.17, 15) is 4.39 Å². The summed E-state index contributed by atoms with van der Waals surface area (Å²) in [6.45, 7) is 2.41. The summed E-state index contributed by atoms with van der Waals surface area (Å²) in [7, 11) is 0. The fourth-order valence-corrected chi connectivity index (χ4v) is 1.87. The van der Waals surface area contributed by atoms with Crippen LogP contribution in [0.5, 0.6) is 0 Å². The molecule has 0 saturated carbocycles. The summed E-state index contributed by atoms with van der Waals surface area (Å²) < 4.78 is 13.5. The summed E-state index contributed by atoms with van der Waals surface area (Å²) in [5.74, 6) is -0.250. The molecule has 0 unspecified atom stereocenters. The minimum absolute atomic E-state index is 0.0598. The first-order valence-corrected chi connectivity index (χ1v) is 6.13. The molecular formula is C14H14ClFN2. The van der Waals surface area contributed by atoms with Gasteiger partial charge in [0.2, 0.25) is 0 Å². The predicted octanol–water partition coefficient (Wildman–Crippen LogP) is 3.72. The van der Waals surface area contributed by atoms with E-state index >= 15 is 0 Å². The number of nitrogens with one attached hydrogen (secondary N) is 1. The first kappa shape index (κ1) is 13.0. The van der Waals surface area contributed by atoms with E-state index < -0.39 is 0 Å². The molecule has 0 radical (unpaired) electrons. The van der Waals surface area contributed by atoms with Gasteiger partial charge < -0.3 is 5.32 Å². The Kier molecular flexibility index (Phi) is 4.28. The van der Waals surface area contributed by atoms with Crippen molar-refractivity contribution >= 4 is 11.6 Å². The second kappa shape index (κ2) is 5.94. The Balaban J connectivity index is 2.01. The van der Waals surface area contributed by atoms with E-state index in [2.05, 4.69) is 10.3 Å². The molecule has 2 rings (SSSR count). The maximum Gasteiger partial charge on any atom is 0.127 e. The van der Waals surface area contributed by atoms with Gasteiger partial charge in [-0.3, -0.25) is 4.98 Å². The number of pyridine rings is 1. The summed E-state index contributed by atoms with van der Waals surface area (Å²) in [6.07, 6.45) is 1.74. The van der Waals surface area contributed by atoms with Crippen LogP contribution in [0.1, 0.15) is 24.2 Å². The van der Waals surface area contributed by atoms with Crippen LogP contribution in [0.4, 0.5) is 4.39 Å². The Morgan fingerprint density at radius 1 is 1.33 bits per heavy atom. The van der Waals surface area contributed by atoms with Gasteiger partial charge in [0.15, 0.2) is 0 Å². The third kappa shape index (κ3) is 3.28. The first-order valence-electron chi connectivity index (χ1n) is 5.75. The normalized spacial score (nSPS) is 12.4. The van der Waals surface area contributed by atoms with Crippen LogP contribution in [0.15, 0.2) is 42.6 Å². The highest BCUT2D eigenvalue weighted by atomic mass is 35.5. The van der Waals surface area contributed by atoms with E-state index in [4.69, 9.17) is 11.6 Å². The molecule has 1 aromatic heterocycles. The van der Waals surface area contributed by atoms with Crippen LogP contribution in [0, 0.1) is 5.82 Å². The zero-order valence-electron chi connectivity index (χ0n) is 10.0. The Morgan fingerprint density at radius 3 is 2.89 bits per heavy atom. The van der Waals surface area contributed by atoms with E-state index in [0.717, 1.165) is 5.69 Å². The third-order valence-electron chi connectivity index (χ3n) is 2.74. The molecule has 1 N–H and O–H groups in total. The van der Waals surface area contributed by atoms with Crippen molar-refractivity contribution in [1.82, 2.24) is 10.3 Å². The highest BCUT2D eigenvalue weighted by Gasteiger charge is 2.08. The number of halogens is 2. The second-order valence-electron chi connectivity index (χ2n) is 4.09. The molecule has 0 aliphatic carbocycles. The van der Waals surface area contributed by atoms with Crippen LogP contribution >= 0.6 is 11.6 Å². The highest BCUT2D eigenvalue weighted by Crippen LogP contribution is 2.16. The van der Waals surface area contributed by atoms with Crippen molar-refractivity contribution in [2.45, 2.75) is 19.5 Å². The lowest BCUT2D eigenvalue weighted by molar-refractivity contribution is 0.536. The van der Waals surface area contributed by atoms with Gasteiger partial charge in [-0.2, -0.15) is 0 Å². The molecule has 1 aromatic carbocycles. The van der Waals surface area contributed by atoms with Crippen molar-refractivity contribution in [3.05, 3.63) is 64.7 Å². The van der Waals surface area contributed by atoms with Crippen LogP contribution in [-0.2, 0) is 6.54 Å². The summed E-state index contributed by atoms with van der Waals surface area (Å²) >= 11 is 5.84. The molecule has 4 heteroatoms. The molecule has 0 aliphatic heterocycles. The number of aromatic nitrogens is 1. The van der Waals surface area contributed by atoms with Crippen molar-refractivity contribution in [3.8, 4) is 0 Å². The maximum atomic E-state index is 13.5. The Bertz CT molecular complexity index is 516. The van der Waals surface area contributed by atoms with Crippen LogP contribution < -0.4 is 5.32 Å². The molecule has 1 heterocycles. The Labute approximate surface area is 111 Å². The Morgan fingerprint density at radius 2 is 2.17 bits per heavy atom. The molecule has 0 aliphatic rings. The summed E-state index contributed by atoms with van der Waals surface area (Å²) in [5, 5.41) is 3.76. The minimum Gasteiger partial charge on any atom is -0.305 e. The molecule has 0 amide bonds. The number of nitrogens with zero attached hydrogens (tertiary/aromatic N) is 1. The van der Waals surface area contributed by atoms with Gasteiger partial charge in [-0.25, -0.2) is 4.39 Å². The maximum absolute atomic E-state index is 13.5. The lowest BCUT2D eigenvalue weighted by atomic mass is 10.1. The quantitative estimate of drug-likeness (QED) is 0.910. The lowest BCUT2D eigenvalue weighted by Gasteiger charge is -2.13. The van der Waals surface area contributed by atoms with Gasteiger partial charge in [-0.05, 0) is 37.3 Å². The number of hydrogen-bond acceptors (Lipinski definition) is 2. The zero-order valence-corrected chi connectivity index (χ0v) is 10.8. The van der Waals surface area contributed by atoms with Crippen LogP contribution in [0.25, 0.3) is 0 Å². The second-order valence-corrected chi connectivity index (χ2v) is 4.53. The molecule has 0 fully saturated rings. The SMILES string of the molecule is C[C@@H](NCc1cc(Cl)ccc1F)c1ccccn1. The lowest BCUT2D eigenvalue weighted by Crippen LogP contribution is -2.19. The van der Waals surface area contributed by atoms with Crippen molar-refractivity contribution < 1.29 is 4.39 Å². The molecule has 0 spiro atoms. The zero-order chi connectivity index (χ0) is 13.0. The molecule has 0 bridgehead atoms. The fraction of sp³-hybridized carbons (Fsp3) is 0.214. The smallest absolute Gasteiger partial charge is 0.127 e. The molecule has 0 saturated heterocycles. The van der Waals surface area contributed by atoms with Gasteiger partial charge in [-0.1, -0.05) is 17.7 Å². The molecule has 1 atom stereocenters. The number of rotatable bonds is 4. The number of hydrogen-bond donors (Lipinski definition) is 1. The van der Waals surface area contributed by atoms with Gasteiger partial charge in [0.05, 0.1) is 5.69 Å². The number of benzene rings is 1. The van der Waals surface area contributed by atoms with Crippen LogP contribution in [-0.4, -0.2) is 4.98 Å². The monoisotopic (exact) mass is 264 g/mol. The molecule has 2 aromatic rings. The standard InChI is InChI=1S/C14H14ClFN2/c1-10(14-4-2-3-7-17-14)18-9-11-8-12(15)5-6-13(11)16/h2-8,10,18H,9H2,1H3/t10-/m1/s1. The summed E-state index contributed by atoms with van der Waals surface area (Å²) in [4.78, 5) is 4.25. The van der Waals surface area contributed by atoms with Gasteiger partial charge >= 0.3 is 0 Å². The van der Waals surface area contributed by atoms with Crippen molar-refractivity contribution in [1.29, 1.82) is 0 Å². The van der Waals surface area contributed by atoms with Crippen molar-refractivity contribution in [2.24, 2.45) is 0 Å². The van der Waals surface area contributed by atoms with Crippen LogP contribution in [0.2, 0.25) is 5.02 Å². The minimum atomic E-state index is -0.250. The molecule has 18 heavy (non-hydrogen) atoms. The molecule has 94 valence electrons. The largest absolute Gasteiger partial charge is 0.305 e. The average Bonchev–Trinajstić information content (AvgIpc) is 2.40. The molecule has 2 nitrogen and oxygen atoms in total. The fourth-order valence-electron chi connectivity index (χ4n) is 1.68. The average molecular weight is 265 g/mol. The van der Waals surface area contributed by atoms with Crippen molar-refractivity contribution in [2.75, 3.05) is 0 Å². The van der Waals surface area contributed by atoms with E-state index in [-0.39, 0.29) is 11.9 Å². The Hall–Kier alpha value is -1.45. The van der Waals surface area contributed by atoms with Gasteiger partial charge in [0.25, 0.3) is 0 Å². The summed E-state index contributed by atoms with van der Waals surface area (Å²) in [6, 6.07) is 10.4. The van der Waals surface area contributed by atoms with E-state index in [1.54, 1.807) is 18.3 Å². The predicted molar refractivity (Wildman–Crippen MR) is 70.9 cm³/mol. The first-order chi connectivity index (χ1) is 8.66. The van der Waals surface area contributed by atoms with E-state index in [1.165, 1.54) is 6.07 Å².